The number of ketones is 1. The molecule has 0 saturated heterocycles. The number of aliphatic hydroxyl groups is 1. The predicted molar refractivity (Wildman–Crippen MR) is 94.6 cm³/mol. The quantitative estimate of drug-likeness (QED) is 0.804. The van der Waals surface area contributed by atoms with Gasteiger partial charge in [-0.3, -0.25) is 4.79 Å². The Morgan fingerprint density at radius 1 is 1.30 bits per heavy atom. The molecule has 0 amide bonds. The molecule has 6 nitrogen and oxygen atoms in total. The number of methoxy groups -OCH3 is 1. The van der Waals surface area contributed by atoms with Gasteiger partial charge >= 0.3 is 5.97 Å². The van der Waals surface area contributed by atoms with Crippen molar-refractivity contribution in [2.24, 2.45) is 11.3 Å². The maximum absolute atomic E-state index is 13.4. The van der Waals surface area contributed by atoms with Gasteiger partial charge in [-0.1, -0.05) is 6.92 Å². The third kappa shape index (κ3) is 1.88. The van der Waals surface area contributed by atoms with E-state index in [4.69, 9.17) is 13.9 Å². The van der Waals surface area contributed by atoms with Crippen molar-refractivity contribution in [2.75, 3.05) is 13.7 Å². The Bertz CT molecular complexity index is 894. The summed E-state index contributed by atoms with van der Waals surface area (Å²) in [6, 6.07) is 0. The molecule has 4 aliphatic rings. The van der Waals surface area contributed by atoms with Gasteiger partial charge < -0.3 is 19.0 Å². The highest BCUT2D eigenvalue weighted by Gasteiger charge is 2.61. The Morgan fingerprint density at radius 3 is 2.81 bits per heavy atom. The lowest BCUT2D eigenvalue weighted by molar-refractivity contribution is -0.0268. The van der Waals surface area contributed by atoms with E-state index in [1.165, 1.54) is 6.26 Å². The van der Waals surface area contributed by atoms with Gasteiger partial charge in [-0.05, 0) is 44.1 Å². The second kappa shape index (κ2) is 5.32. The maximum Gasteiger partial charge on any atom is 0.342 e. The smallest absolute Gasteiger partial charge is 0.342 e. The number of fused-ring (bicyclic) bond motifs is 3. The molecule has 2 unspecified atom stereocenters. The van der Waals surface area contributed by atoms with Crippen LogP contribution in [0.3, 0.4) is 0 Å². The molecule has 0 spiro atoms. The lowest BCUT2D eigenvalue weighted by atomic mass is 9.55. The Labute approximate surface area is 157 Å². The highest BCUT2D eigenvalue weighted by Crippen LogP contribution is 2.61. The lowest BCUT2D eigenvalue weighted by Gasteiger charge is -2.50. The summed E-state index contributed by atoms with van der Waals surface area (Å²) < 4.78 is 16.7. The van der Waals surface area contributed by atoms with Gasteiger partial charge in [0.2, 0.25) is 5.78 Å². The second-order valence-corrected chi connectivity index (χ2v) is 8.78. The molecule has 1 aromatic heterocycles. The molecule has 1 aliphatic heterocycles. The van der Waals surface area contributed by atoms with E-state index < -0.39 is 23.6 Å². The van der Waals surface area contributed by atoms with E-state index in [-0.39, 0.29) is 29.5 Å². The van der Waals surface area contributed by atoms with E-state index in [2.05, 4.69) is 6.92 Å². The van der Waals surface area contributed by atoms with Crippen LogP contribution < -0.4 is 0 Å². The number of carbonyl (C=O) groups is 2. The summed E-state index contributed by atoms with van der Waals surface area (Å²) in [5.74, 6) is -0.328. The van der Waals surface area contributed by atoms with Gasteiger partial charge in [0.25, 0.3) is 0 Å². The van der Waals surface area contributed by atoms with Crippen LogP contribution >= 0.6 is 0 Å². The zero-order chi connectivity index (χ0) is 19.1. The Balaban J connectivity index is 1.77. The SMILES string of the molecule is COC[C@H]1OC(=O)c2coc3c2[C@@]1(C)C1=C(C3=O)C2CCC(O)[C@@]2(C)CC1. The average Bonchev–Trinajstić information content (AvgIpc) is 3.21. The number of carbonyl (C=O) groups excluding carboxylic acids is 2. The molecule has 1 saturated carbocycles. The first-order valence-corrected chi connectivity index (χ1v) is 9.62. The first-order chi connectivity index (χ1) is 12.8. The van der Waals surface area contributed by atoms with Gasteiger partial charge in [-0.2, -0.15) is 0 Å². The van der Waals surface area contributed by atoms with E-state index in [1.807, 2.05) is 6.92 Å². The number of rotatable bonds is 2. The standard InChI is InChI=1S/C21H24O6/c1-20-7-6-12-15(11(20)4-5-13(20)22)17(23)18-16-10(8-26-18)19(24)27-14(9-25-3)21(12,16)2/h8,11,13-14,22H,4-7,9H2,1-3H3/t11?,13?,14-,20+,21+/m1/s1. The van der Waals surface area contributed by atoms with Crippen molar-refractivity contribution < 1.29 is 28.6 Å². The number of cyclic esters (lactones) is 1. The van der Waals surface area contributed by atoms with Crippen LogP contribution in [0, 0.1) is 11.3 Å². The normalized spacial score (nSPS) is 39.8. The molecule has 2 heterocycles. The van der Waals surface area contributed by atoms with E-state index in [0.29, 0.717) is 24.0 Å². The molecule has 144 valence electrons. The molecular formula is C21H24O6. The third-order valence-corrected chi connectivity index (χ3v) is 7.69. The summed E-state index contributed by atoms with van der Waals surface area (Å²) in [5.41, 5.74) is 1.88. The number of ether oxygens (including phenoxy) is 2. The molecule has 0 radical (unpaired) electrons. The van der Waals surface area contributed by atoms with Crippen LogP contribution in [0.1, 0.15) is 66.0 Å². The van der Waals surface area contributed by atoms with Crippen molar-refractivity contribution >= 4 is 11.8 Å². The van der Waals surface area contributed by atoms with Crippen LogP contribution in [-0.4, -0.2) is 42.8 Å². The summed E-state index contributed by atoms with van der Waals surface area (Å²) >= 11 is 0. The van der Waals surface area contributed by atoms with Crippen LogP contribution in [0.25, 0.3) is 0 Å². The molecule has 0 aromatic carbocycles. The topological polar surface area (TPSA) is 86.0 Å². The molecular weight excluding hydrogens is 348 g/mol. The van der Waals surface area contributed by atoms with Crippen LogP contribution in [-0.2, 0) is 14.9 Å². The van der Waals surface area contributed by atoms with Crippen molar-refractivity contribution in [3.05, 3.63) is 34.3 Å². The molecule has 0 bridgehead atoms. The largest absolute Gasteiger partial charge is 0.460 e. The van der Waals surface area contributed by atoms with E-state index in [9.17, 15) is 14.7 Å². The van der Waals surface area contributed by atoms with Gasteiger partial charge in [-0.15, -0.1) is 0 Å². The molecule has 1 N–H and O–H groups in total. The van der Waals surface area contributed by atoms with Gasteiger partial charge in [0, 0.05) is 23.7 Å². The van der Waals surface area contributed by atoms with Crippen molar-refractivity contribution in [3.8, 4) is 0 Å². The summed E-state index contributed by atoms with van der Waals surface area (Å²) in [4.78, 5) is 25.9. The molecule has 5 rings (SSSR count). The Hall–Kier alpha value is -1.92. The first-order valence-electron chi connectivity index (χ1n) is 9.62. The monoisotopic (exact) mass is 372 g/mol. The summed E-state index contributed by atoms with van der Waals surface area (Å²) in [7, 11) is 1.58. The molecule has 6 heteroatoms. The first kappa shape index (κ1) is 17.2. The minimum Gasteiger partial charge on any atom is -0.460 e. The fourth-order valence-electron chi connectivity index (χ4n) is 6.09. The molecule has 1 fully saturated rings. The minimum absolute atomic E-state index is 0.00287. The third-order valence-electron chi connectivity index (χ3n) is 7.69. The van der Waals surface area contributed by atoms with Crippen molar-refractivity contribution in [1.29, 1.82) is 0 Å². The van der Waals surface area contributed by atoms with Gasteiger partial charge in [0.05, 0.1) is 18.1 Å². The predicted octanol–water partition coefficient (Wildman–Crippen LogP) is 2.79. The van der Waals surface area contributed by atoms with Crippen molar-refractivity contribution in [2.45, 2.75) is 57.2 Å². The van der Waals surface area contributed by atoms with E-state index >= 15 is 0 Å². The number of furan rings is 1. The second-order valence-electron chi connectivity index (χ2n) is 8.78. The highest BCUT2D eigenvalue weighted by molar-refractivity contribution is 6.13. The van der Waals surface area contributed by atoms with Gasteiger partial charge in [0.1, 0.15) is 17.9 Å². The van der Waals surface area contributed by atoms with Crippen LogP contribution in [0.2, 0.25) is 0 Å². The van der Waals surface area contributed by atoms with Crippen LogP contribution in [0.4, 0.5) is 0 Å². The zero-order valence-electron chi connectivity index (χ0n) is 15.8. The minimum atomic E-state index is -0.639. The van der Waals surface area contributed by atoms with Crippen molar-refractivity contribution in [3.63, 3.8) is 0 Å². The molecule has 1 aromatic rings. The Morgan fingerprint density at radius 2 is 2.07 bits per heavy atom. The van der Waals surface area contributed by atoms with Crippen molar-refractivity contribution in [1.82, 2.24) is 0 Å². The number of esters is 1. The fraction of sp³-hybridized carbons (Fsp3) is 0.619. The summed E-state index contributed by atoms with van der Waals surface area (Å²) in [6.07, 6.45) is 3.45. The zero-order valence-corrected chi connectivity index (χ0v) is 15.8. The number of aliphatic hydroxyl groups excluding tert-OH is 1. The van der Waals surface area contributed by atoms with Gasteiger partial charge in [0.15, 0.2) is 5.76 Å². The maximum atomic E-state index is 13.4. The number of hydrogen-bond donors (Lipinski definition) is 1. The number of allylic oxidation sites excluding steroid dienone is 1. The average molecular weight is 372 g/mol. The fourth-order valence-corrected chi connectivity index (χ4v) is 6.09. The molecule has 27 heavy (non-hydrogen) atoms. The van der Waals surface area contributed by atoms with E-state index in [1.54, 1.807) is 7.11 Å². The molecule has 5 atom stereocenters. The van der Waals surface area contributed by atoms with Gasteiger partial charge in [-0.25, -0.2) is 4.79 Å². The summed E-state index contributed by atoms with van der Waals surface area (Å²) in [6.45, 7) is 4.38. The van der Waals surface area contributed by atoms with E-state index in [0.717, 1.165) is 24.0 Å². The number of hydrogen-bond acceptors (Lipinski definition) is 6. The van der Waals surface area contributed by atoms with Crippen LogP contribution in [0.5, 0.6) is 0 Å². The lowest BCUT2D eigenvalue weighted by Crippen LogP contribution is -2.53. The Kier molecular flexibility index (Phi) is 3.39. The van der Waals surface area contributed by atoms with Crippen LogP contribution in [0.15, 0.2) is 21.8 Å². The summed E-state index contributed by atoms with van der Waals surface area (Å²) in [5, 5.41) is 10.6. The number of Topliss-reactive ketones (excluding diaryl/α,β-unsaturated/α-hetero) is 1. The molecule has 3 aliphatic carbocycles. The highest BCUT2D eigenvalue weighted by atomic mass is 16.6.